The molecule has 1 fully saturated rings. The molecule has 0 aliphatic carbocycles. The van der Waals surface area contributed by atoms with E-state index in [2.05, 4.69) is 4.90 Å². The molecule has 0 saturated carbocycles. The second kappa shape index (κ2) is 5.81. The van der Waals surface area contributed by atoms with Gasteiger partial charge >= 0.3 is 0 Å². The van der Waals surface area contributed by atoms with Crippen molar-refractivity contribution in [1.29, 1.82) is 0 Å². The molecule has 0 amide bonds. The third-order valence-corrected chi connectivity index (χ3v) is 2.97. The zero-order valence-corrected chi connectivity index (χ0v) is 8.58. The van der Waals surface area contributed by atoms with Gasteiger partial charge in [0, 0.05) is 19.0 Å². The van der Waals surface area contributed by atoms with E-state index in [0.29, 0.717) is 24.9 Å². The van der Waals surface area contributed by atoms with Crippen molar-refractivity contribution in [3.63, 3.8) is 0 Å². The van der Waals surface area contributed by atoms with Crippen LogP contribution in [0.3, 0.4) is 0 Å². The molecule has 1 unspecified atom stereocenters. The van der Waals surface area contributed by atoms with E-state index in [-0.39, 0.29) is 0 Å². The number of piperidine rings is 1. The lowest BCUT2D eigenvalue weighted by molar-refractivity contribution is 0.0859. The van der Waals surface area contributed by atoms with Crippen molar-refractivity contribution in [2.45, 2.75) is 18.9 Å². The van der Waals surface area contributed by atoms with Crippen molar-refractivity contribution in [1.82, 2.24) is 4.90 Å². The lowest BCUT2D eigenvalue weighted by Gasteiger charge is -2.31. The Kier molecular flexibility index (Phi) is 5.02. The number of halogens is 1. The molecule has 4 heteroatoms. The molecule has 1 heterocycles. The van der Waals surface area contributed by atoms with Crippen molar-refractivity contribution in [2.75, 3.05) is 32.1 Å². The summed E-state index contributed by atoms with van der Waals surface area (Å²) in [7, 11) is 0. The largest absolute Gasteiger partial charge is 0.396 e. The van der Waals surface area contributed by atoms with Crippen LogP contribution in [0, 0.1) is 5.92 Å². The van der Waals surface area contributed by atoms with Gasteiger partial charge in [-0.3, -0.25) is 0 Å². The Morgan fingerprint density at radius 2 is 2.00 bits per heavy atom. The van der Waals surface area contributed by atoms with E-state index in [0.717, 1.165) is 25.9 Å². The number of hydrogen-bond acceptors (Lipinski definition) is 3. The molecular weight excluding hydrogens is 190 g/mol. The first-order valence-corrected chi connectivity index (χ1v) is 5.37. The highest BCUT2D eigenvalue weighted by Gasteiger charge is 2.19. The predicted octanol–water partition coefficient (Wildman–Crippen LogP) is 0.290. The number of aliphatic hydroxyl groups excluding tert-OH is 2. The minimum absolute atomic E-state index is 0.298. The van der Waals surface area contributed by atoms with Crippen LogP contribution in [-0.4, -0.2) is 53.3 Å². The highest BCUT2D eigenvalue weighted by atomic mass is 35.5. The lowest BCUT2D eigenvalue weighted by atomic mass is 9.98. The summed E-state index contributed by atoms with van der Waals surface area (Å²) < 4.78 is 0. The molecule has 2 N–H and O–H groups in total. The molecule has 1 aliphatic rings. The van der Waals surface area contributed by atoms with E-state index in [1.807, 2.05) is 0 Å². The molecule has 0 aromatic rings. The molecule has 1 saturated heterocycles. The predicted molar refractivity (Wildman–Crippen MR) is 53.0 cm³/mol. The van der Waals surface area contributed by atoms with E-state index in [4.69, 9.17) is 16.7 Å². The van der Waals surface area contributed by atoms with Crippen molar-refractivity contribution in [2.24, 2.45) is 5.92 Å². The van der Waals surface area contributed by atoms with Crippen LogP contribution in [-0.2, 0) is 0 Å². The Morgan fingerprint density at radius 3 is 2.46 bits per heavy atom. The molecule has 1 rings (SSSR count). The molecule has 78 valence electrons. The summed E-state index contributed by atoms with van der Waals surface area (Å²) in [5.41, 5.74) is 0. The van der Waals surface area contributed by atoms with Crippen molar-refractivity contribution < 1.29 is 10.2 Å². The van der Waals surface area contributed by atoms with Crippen LogP contribution in [0.25, 0.3) is 0 Å². The van der Waals surface area contributed by atoms with Gasteiger partial charge in [-0.2, -0.15) is 0 Å². The molecule has 13 heavy (non-hydrogen) atoms. The van der Waals surface area contributed by atoms with E-state index in [1.54, 1.807) is 0 Å². The van der Waals surface area contributed by atoms with E-state index < -0.39 is 6.10 Å². The van der Waals surface area contributed by atoms with Crippen LogP contribution in [0.1, 0.15) is 12.8 Å². The van der Waals surface area contributed by atoms with E-state index in [1.165, 1.54) is 0 Å². The summed E-state index contributed by atoms with van der Waals surface area (Å²) in [6.45, 7) is 2.91. The van der Waals surface area contributed by atoms with Crippen LogP contribution in [0.2, 0.25) is 0 Å². The van der Waals surface area contributed by atoms with Gasteiger partial charge in [-0.05, 0) is 31.8 Å². The minimum atomic E-state index is -0.410. The van der Waals surface area contributed by atoms with Crippen molar-refractivity contribution in [3.05, 3.63) is 0 Å². The standard InChI is InChI=1S/C9H18ClNO2/c10-5-9(13)6-11-3-1-8(7-12)2-4-11/h8-9,12-13H,1-7H2. The number of aliphatic hydroxyl groups is 2. The molecule has 0 radical (unpaired) electrons. The molecule has 0 aromatic carbocycles. The molecular formula is C9H18ClNO2. The number of hydrogen-bond donors (Lipinski definition) is 2. The Bertz CT molecular complexity index is 138. The van der Waals surface area contributed by atoms with Gasteiger partial charge < -0.3 is 15.1 Å². The van der Waals surface area contributed by atoms with Gasteiger partial charge in [0.2, 0.25) is 0 Å². The van der Waals surface area contributed by atoms with Gasteiger partial charge in [0.15, 0.2) is 0 Å². The van der Waals surface area contributed by atoms with Crippen LogP contribution in [0.4, 0.5) is 0 Å². The average molecular weight is 208 g/mol. The molecule has 0 bridgehead atoms. The second-order valence-electron chi connectivity index (χ2n) is 3.73. The Balaban J connectivity index is 2.17. The van der Waals surface area contributed by atoms with E-state index >= 15 is 0 Å². The Labute approximate surface area is 84.3 Å². The fraction of sp³-hybridized carbons (Fsp3) is 1.00. The third kappa shape index (κ3) is 3.81. The number of likely N-dealkylation sites (tertiary alicyclic amines) is 1. The van der Waals surface area contributed by atoms with Crippen LogP contribution < -0.4 is 0 Å². The maximum absolute atomic E-state index is 9.31. The van der Waals surface area contributed by atoms with Gasteiger partial charge in [0.1, 0.15) is 0 Å². The van der Waals surface area contributed by atoms with Gasteiger partial charge in [-0.1, -0.05) is 0 Å². The Hall–Kier alpha value is 0.170. The number of nitrogens with zero attached hydrogens (tertiary/aromatic N) is 1. The van der Waals surface area contributed by atoms with Crippen molar-refractivity contribution in [3.8, 4) is 0 Å². The van der Waals surface area contributed by atoms with Crippen LogP contribution >= 0.6 is 11.6 Å². The van der Waals surface area contributed by atoms with E-state index in [9.17, 15) is 5.11 Å². The topological polar surface area (TPSA) is 43.7 Å². The van der Waals surface area contributed by atoms with Gasteiger partial charge in [-0.25, -0.2) is 0 Å². The zero-order chi connectivity index (χ0) is 9.68. The SMILES string of the molecule is OCC1CCN(CC(O)CCl)CC1. The monoisotopic (exact) mass is 207 g/mol. The molecule has 1 atom stereocenters. The molecule has 3 nitrogen and oxygen atoms in total. The number of β-amino-alcohol motifs (C(OH)–C–C–N with tert-alkyl or cyclic N) is 1. The smallest absolute Gasteiger partial charge is 0.0802 e. The normalized spacial score (nSPS) is 23.3. The fourth-order valence-corrected chi connectivity index (χ4v) is 1.80. The zero-order valence-electron chi connectivity index (χ0n) is 7.82. The highest BCUT2D eigenvalue weighted by molar-refractivity contribution is 6.18. The lowest BCUT2D eigenvalue weighted by Crippen LogP contribution is -2.40. The second-order valence-corrected chi connectivity index (χ2v) is 4.04. The molecule has 0 spiro atoms. The maximum Gasteiger partial charge on any atom is 0.0802 e. The summed E-state index contributed by atoms with van der Waals surface area (Å²) in [4.78, 5) is 2.21. The first kappa shape index (κ1) is 11.2. The average Bonchev–Trinajstić information content (AvgIpc) is 2.19. The first-order valence-electron chi connectivity index (χ1n) is 4.83. The molecule has 1 aliphatic heterocycles. The van der Waals surface area contributed by atoms with Gasteiger partial charge in [0.25, 0.3) is 0 Å². The number of alkyl halides is 1. The molecule has 0 aromatic heterocycles. The van der Waals surface area contributed by atoms with Gasteiger partial charge in [0.05, 0.1) is 6.10 Å². The maximum atomic E-state index is 9.31. The van der Waals surface area contributed by atoms with Gasteiger partial charge in [-0.15, -0.1) is 11.6 Å². The minimum Gasteiger partial charge on any atom is -0.396 e. The fourth-order valence-electron chi connectivity index (χ4n) is 1.70. The third-order valence-electron chi connectivity index (χ3n) is 2.61. The van der Waals surface area contributed by atoms with Crippen molar-refractivity contribution >= 4 is 11.6 Å². The summed E-state index contributed by atoms with van der Waals surface area (Å²) in [5, 5.41) is 18.2. The summed E-state index contributed by atoms with van der Waals surface area (Å²) in [6, 6.07) is 0. The number of rotatable bonds is 4. The van der Waals surface area contributed by atoms with Crippen LogP contribution in [0.5, 0.6) is 0 Å². The Morgan fingerprint density at radius 1 is 1.38 bits per heavy atom. The highest BCUT2D eigenvalue weighted by Crippen LogP contribution is 2.16. The summed E-state index contributed by atoms with van der Waals surface area (Å²) in [5.74, 6) is 0.768. The van der Waals surface area contributed by atoms with Crippen LogP contribution in [0.15, 0.2) is 0 Å². The first-order chi connectivity index (χ1) is 6.26. The quantitative estimate of drug-likeness (QED) is 0.652. The summed E-state index contributed by atoms with van der Waals surface area (Å²) in [6.07, 6.45) is 1.66. The summed E-state index contributed by atoms with van der Waals surface area (Å²) >= 11 is 5.51.